The highest BCUT2D eigenvalue weighted by Crippen LogP contribution is 2.44. The van der Waals surface area contributed by atoms with E-state index in [4.69, 9.17) is 14.4 Å². The van der Waals surface area contributed by atoms with E-state index in [-0.39, 0.29) is 18.1 Å². The second kappa shape index (κ2) is 6.95. The lowest BCUT2D eigenvalue weighted by Crippen LogP contribution is -2.30. The third-order valence-electron chi connectivity index (χ3n) is 5.02. The molecule has 0 spiro atoms. The van der Waals surface area contributed by atoms with E-state index in [0.29, 0.717) is 23.4 Å². The molecule has 5 nitrogen and oxygen atoms in total. The quantitative estimate of drug-likeness (QED) is 0.726. The number of furan rings is 1. The minimum Gasteiger partial charge on any atom is -0.466 e. The van der Waals surface area contributed by atoms with E-state index in [0.717, 1.165) is 11.1 Å². The van der Waals surface area contributed by atoms with Crippen LogP contribution in [0.25, 0.3) is 11.1 Å². The van der Waals surface area contributed by atoms with Crippen LogP contribution in [0.5, 0.6) is 0 Å². The highest BCUT2D eigenvalue weighted by Gasteiger charge is 2.41. The van der Waals surface area contributed by atoms with Crippen molar-refractivity contribution in [2.24, 2.45) is 0 Å². The smallest absolute Gasteiger partial charge is 0.250 e. The maximum Gasteiger partial charge on any atom is 0.250 e. The summed E-state index contributed by atoms with van der Waals surface area (Å²) in [5.74, 6) is -0.233. The Hall–Kier alpha value is -3.43. The molecule has 1 atom stereocenters. The molecule has 1 amide bonds. The van der Waals surface area contributed by atoms with Crippen molar-refractivity contribution in [2.45, 2.75) is 18.9 Å². The molecule has 140 valence electrons. The van der Waals surface area contributed by atoms with Crippen LogP contribution in [-0.4, -0.2) is 12.5 Å². The van der Waals surface area contributed by atoms with Gasteiger partial charge in [0.25, 0.3) is 0 Å². The zero-order valence-electron chi connectivity index (χ0n) is 15.2. The number of nitriles is 1. The van der Waals surface area contributed by atoms with Crippen molar-refractivity contribution < 1.29 is 18.3 Å². The monoisotopic (exact) mass is 376 g/mol. The van der Waals surface area contributed by atoms with E-state index in [2.05, 4.69) is 5.32 Å². The van der Waals surface area contributed by atoms with Gasteiger partial charge in [-0.15, -0.1) is 0 Å². The number of benzene rings is 2. The van der Waals surface area contributed by atoms with E-state index >= 15 is 0 Å². The Kier molecular flexibility index (Phi) is 4.46. The van der Waals surface area contributed by atoms with Crippen molar-refractivity contribution >= 4 is 11.6 Å². The molecule has 1 aliphatic rings. The lowest BCUT2D eigenvalue weighted by Gasteiger charge is -2.31. The van der Waals surface area contributed by atoms with Crippen LogP contribution >= 0.6 is 0 Å². The van der Waals surface area contributed by atoms with E-state index < -0.39 is 11.4 Å². The van der Waals surface area contributed by atoms with Gasteiger partial charge in [0.1, 0.15) is 24.3 Å². The zero-order valence-corrected chi connectivity index (χ0v) is 15.2. The Morgan fingerprint density at radius 3 is 2.68 bits per heavy atom. The minimum atomic E-state index is -0.945. The minimum absolute atomic E-state index is 0.00685. The Morgan fingerprint density at radius 1 is 1.21 bits per heavy atom. The maximum atomic E-state index is 14.1. The summed E-state index contributed by atoms with van der Waals surface area (Å²) < 4.78 is 25.8. The lowest BCUT2D eigenvalue weighted by molar-refractivity contribution is -0.126. The van der Waals surface area contributed by atoms with Gasteiger partial charge >= 0.3 is 0 Å². The number of anilines is 1. The van der Waals surface area contributed by atoms with Crippen LogP contribution in [0.15, 0.2) is 59.2 Å². The molecule has 1 N–H and O–H groups in total. The molecule has 2 aromatic carbocycles. The molecule has 3 aromatic rings. The Morgan fingerprint density at radius 2 is 2.00 bits per heavy atom. The average Bonchev–Trinajstić information content (AvgIpc) is 3.20. The molecular formula is C22H17FN2O3. The first-order valence-electron chi connectivity index (χ1n) is 8.89. The number of nitrogens with zero attached hydrogens (tertiary/aromatic N) is 1. The average molecular weight is 376 g/mol. The third-order valence-corrected chi connectivity index (χ3v) is 5.02. The molecule has 4 rings (SSSR count). The molecule has 1 unspecified atom stereocenters. The first-order chi connectivity index (χ1) is 13.6. The number of hydrogen-bond donors (Lipinski definition) is 1. The van der Waals surface area contributed by atoms with Gasteiger partial charge in [-0.25, -0.2) is 4.39 Å². The first kappa shape index (κ1) is 18.0. The van der Waals surface area contributed by atoms with E-state index in [1.165, 1.54) is 12.1 Å². The number of ether oxygens (including phenoxy) is 1. The number of nitrogens with one attached hydrogen (secondary N) is 1. The zero-order chi connectivity index (χ0) is 19.7. The molecule has 0 aliphatic carbocycles. The number of fused-ring (bicyclic) bond motifs is 1. The molecule has 0 fully saturated rings. The van der Waals surface area contributed by atoms with Crippen LogP contribution in [0.4, 0.5) is 10.1 Å². The van der Waals surface area contributed by atoms with Crippen molar-refractivity contribution in [3.8, 4) is 17.2 Å². The van der Waals surface area contributed by atoms with Crippen molar-refractivity contribution in [1.29, 1.82) is 5.26 Å². The molecule has 0 radical (unpaired) electrons. The van der Waals surface area contributed by atoms with Crippen LogP contribution in [-0.2, 0) is 15.1 Å². The number of rotatable bonds is 3. The molecule has 2 heterocycles. The van der Waals surface area contributed by atoms with Gasteiger partial charge in [-0.05, 0) is 53.9 Å². The summed E-state index contributed by atoms with van der Waals surface area (Å²) >= 11 is 0. The fourth-order valence-corrected chi connectivity index (χ4v) is 3.58. The van der Waals surface area contributed by atoms with Crippen LogP contribution in [0.3, 0.4) is 0 Å². The number of carbonyl (C=O) groups is 1. The topological polar surface area (TPSA) is 75.3 Å². The maximum absolute atomic E-state index is 14.1. The molecule has 1 aliphatic heterocycles. The summed E-state index contributed by atoms with van der Waals surface area (Å²) in [6.07, 6.45) is 2.10. The Labute approximate surface area is 161 Å². The number of hydrogen-bond acceptors (Lipinski definition) is 4. The third kappa shape index (κ3) is 2.86. The first-order valence-corrected chi connectivity index (χ1v) is 8.89. The fourth-order valence-electron chi connectivity index (χ4n) is 3.58. The highest BCUT2D eigenvalue weighted by molar-refractivity contribution is 5.94. The number of carbonyl (C=O) groups excluding carboxylic acids is 1. The van der Waals surface area contributed by atoms with Gasteiger partial charge in [0.2, 0.25) is 5.91 Å². The van der Waals surface area contributed by atoms with Crippen molar-refractivity contribution in [3.63, 3.8) is 0 Å². The van der Waals surface area contributed by atoms with Gasteiger partial charge in [0, 0.05) is 11.3 Å². The van der Waals surface area contributed by atoms with Crippen LogP contribution < -0.4 is 5.32 Å². The summed E-state index contributed by atoms with van der Waals surface area (Å²) in [4.78, 5) is 12.1. The predicted molar refractivity (Wildman–Crippen MR) is 101 cm³/mol. The normalized spacial score (nSPS) is 18.7. The van der Waals surface area contributed by atoms with Gasteiger partial charge < -0.3 is 14.5 Å². The second-order valence-electron chi connectivity index (χ2n) is 6.56. The molecule has 0 saturated heterocycles. The van der Waals surface area contributed by atoms with Crippen molar-refractivity contribution in [2.75, 3.05) is 11.9 Å². The summed E-state index contributed by atoms with van der Waals surface area (Å²) in [5.41, 5.74) is 1.77. The summed E-state index contributed by atoms with van der Waals surface area (Å²) in [7, 11) is 0. The van der Waals surface area contributed by atoms with Gasteiger partial charge in [-0.2, -0.15) is 5.26 Å². The van der Waals surface area contributed by atoms with E-state index in [1.54, 1.807) is 30.5 Å². The van der Waals surface area contributed by atoms with Crippen LogP contribution in [0.1, 0.15) is 30.2 Å². The molecule has 1 aromatic heterocycles. The predicted octanol–water partition coefficient (Wildman–Crippen LogP) is 4.58. The molecule has 6 heteroatoms. The van der Waals surface area contributed by atoms with Gasteiger partial charge in [-0.3, -0.25) is 4.79 Å². The second-order valence-corrected chi connectivity index (χ2v) is 6.56. The van der Waals surface area contributed by atoms with E-state index in [9.17, 15) is 9.18 Å². The van der Waals surface area contributed by atoms with Crippen molar-refractivity contribution in [3.05, 3.63) is 77.5 Å². The van der Waals surface area contributed by atoms with Gasteiger partial charge in [-0.1, -0.05) is 19.1 Å². The fraction of sp³-hybridized carbons (Fsp3) is 0.182. The summed E-state index contributed by atoms with van der Waals surface area (Å²) in [6.45, 7) is 1.85. The number of halogens is 1. The SMILES string of the molecule is CCC1(c2ccco2)OCC(=O)Nc2ccc(-c3ccc(C#N)c(F)c3)cc21. The largest absolute Gasteiger partial charge is 0.466 e. The Balaban J connectivity index is 1.91. The number of amides is 1. The standard InChI is InChI=1S/C22H17FN2O3/c1-2-22(20-4-3-9-27-20)17-10-14(7-8-19(17)25-21(26)13-28-22)15-5-6-16(12-24)18(23)11-15/h3-11H,2,13H2,1H3,(H,25,26). The molecular weight excluding hydrogens is 359 g/mol. The molecule has 0 bridgehead atoms. The van der Waals surface area contributed by atoms with E-state index in [1.807, 2.05) is 25.1 Å². The highest BCUT2D eigenvalue weighted by atomic mass is 19.1. The van der Waals surface area contributed by atoms with Crippen LogP contribution in [0, 0.1) is 17.1 Å². The molecule has 28 heavy (non-hydrogen) atoms. The summed E-state index contributed by atoms with van der Waals surface area (Å²) in [5, 5.41) is 11.8. The van der Waals surface area contributed by atoms with Crippen LogP contribution in [0.2, 0.25) is 0 Å². The summed E-state index contributed by atoms with van der Waals surface area (Å²) in [6, 6.07) is 15.3. The van der Waals surface area contributed by atoms with Gasteiger partial charge in [0.15, 0.2) is 5.60 Å². The van der Waals surface area contributed by atoms with Crippen molar-refractivity contribution in [1.82, 2.24) is 0 Å². The van der Waals surface area contributed by atoms with Gasteiger partial charge in [0.05, 0.1) is 11.8 Å². The Bertz CT molecular complexity index is 1090. The lowest BCUT2D eigenvalue weighted by atomic mass is 9.85. The molecule has 0 saturated carbocycles.